The molecule has 1 N–H and O–H groups in total. The SMILES string of the molecule is Cc1ccc(C(C)NC(=O)/C=C/c2ccccc2OC(F)F)o1. The Morgan fingerprint density at radius 2 is 2.00 bits per heavy atom. The summed E-state index contributed by atoms with van der Waals surface area (Å²) in [6.07, 6.45) is 2.69. The molecular weight excluding hydrogens is 304 g/mol. The van der Waals surface area contributed by atoms with E-state index >= 15 is 0 Å². The molecular formula is C17H17F2NO3. The number of amides is 1. The molecule has 1 aromatic heterocycles. The van der Waals surface area contributed by atoms with Gasteiger partial charge in [0.15, 0.2) is 0 Å². The maximum Gasteiger partial charge on any atom is 0.387 e. The van der Waals surface area contributed by atoms with Crippen LogP contribution in [0.2, 0.25) is 0 Å². The van der Waals surface area contributed by atoms with Crippen molar-refractivity contribution in [1.82, 2.24) is 5.32 Å². The molecule has 0 spiro atoms. The summed E-state index contributed by atoms with van der Waals surface area (Å²) < 4.78 is 34.5. The summed E-state index contributed by atoms with van der Waals surface area (Å²) in [5, 5.41) is 2.73. The fourth-order valence-electron chi connectivity index (χ4n) is 2.01. The van der Waals surface area contributed by atoms with Crippen LogP contribution in [-0.4, -0.2) is 12.5 Å². The van der Waals surface area contributed by atoms with Gasteiger partial charge in [-0.2, -0.15) is 8.78 Å². The summed E-state index contributed by atoms with van der Waals surface area (Å²) in [6.45, 7) is 0.691. The number of nitrogens with one attached hydrogen (secondary N) is 1. The molecule has 0 radical (unpaired) electrons. The second kappa shape index (κ2) is 7.58. The molecule has 4 nitrogen and oxygen atoms in total. The molecule has 0 fully saturated rings. The Bertz CT molecular complexity index is 695. The molecule has 1 atom stereocenters. The number of para-hydroxylation sites is 1. The Morgan fingerprint density at radius 3 is 2.65 bits per heavy atom. The second-order valence-corrected chi connectivity index (χ2v) is 4.93. The van der Waals surface area contributed by atoms with Gasteiger partial charge in [0.25, 0.3) is 0 Å². The molecule has 2 rings (SSSR count). The molecule has 122 valence electrons. The minimum absolute atomic E-state index is 0.0151. The Morgan fingerprint density at radius 1 is 1.26 bits per heavy atom. The number of rotatable bonds is 6. The summed E-state index contributed by atoms with van der Waals surface area (Å²) in [5.41, 5.74) is 0.393. The van der Waals surface area contributed by atoms with Gasteiger partial charge in [0.05, 0.1) is 6.04 Å². The number of hydrogen-bond acceptors (Lipinski definition) is 3. The van der Waals surface area contributed by atoms with E-state index in [0.29, 0.717) is 11.3 Å². The Hall–Kier alpha value is -2.63. The number of carbonyl (C=O) groups excluding carboxylic acids is 1. The van der Waals surface area contributed by atoms with Crippen LogP contribution >= 0.6 is 0 Å². The third-order valence-corrected chi connectivity index (χ3v) is 3.10. The van der Waals surface area contributed by atoms with E-state index in [2.05, 4.69) is 10.1 Å². The molecule has 1 unspecified atom stereocenters. The van der Waals surface area contributed by atoms with E-state index < -0.39 is 6.61 Å². The largest absolute Gasteiger partial charge is 0.464 e. The number of aryl methyl sites for hydroxylation is 1. The minimum Gasteiger partial charge on any atom is -0.464 e. The summed E-state index contributed by atoms with van der Waals surface area (Å²) in [4.78, 5) is 11.9. The van der Waals surface area contributed by atoms with Crippen LogP contribution in [0.25, 0.3) is 6.08 Å². The van der Waals surface area contributed by atoms with Crippen LogP contribution in [0.3, 0.4) is 0 Å². The van der Waals surface area contributed by atoms with Crippen molar-refractivity contribution < 1.29 is 22.7 Å². The molecule has 6 heteroatoms. The van der Waals surface area contributed by atoms with Crippen LogP contribution in [0.4, 0.5) is 8.78 Å². The van der Waals surface area contributed by atoms with Crippen LogP contribution in [0, 0.1) is 6.92 Å². The average molecular weight is 321 g/mol. The molecule has 0 bridgehead atoms. The smallest absolute Gasteiger partial charge is 0.387 e. The molecule has 0 saturated heterocycles. The normalized spacial score (nSPS) is 12.6. The molecule has 1 heterocycles. The van der Waals surface area contributed by atoms with Gasteiger partial charge in [-0.05, 0) is 38.1 Å². The first kappa shape index (κ1) is 16.7. The standard InChI is InChI=1S/C17H17F2NO3/c1-11-7-9-14(22-11)12(2)20-16(21)10-8-13-5-3-4-6-15(13)23-17(18)19/h3-10,12,17H,1-2H3,(H,20,21)/b10-8+. The third-order valence-electron chi connectivity index (χ3n) is 3.10. The van der Waals surface area contributed by atoms with Crippen LogP contribution in [0.5, 0.6) is 5.75 Å². The zero-order valence-corrected chi connectivity index (χ0v) is 12.8. The first-order chi connectivity index (χ1) is 11.0. The van der Waals surface area contributed by atoms with E-state index in [-0.39, 0.29) is 17.7 Å². The van der Waals surface area contributed by atoms with Crippen molar-refractivity contribution in [2.24, 2.45) is 0 Å². The zero-order valence-electron chi connectivity index (χ0n) is 12.8. The number of benzene rings is 1. The lowest BCUT2D eigenvalue weighted by molar-refractivity contribution is -0.117. The summed E-state index contributed by atoms with van der Waals surface area (Å²) in [5.74, 6) is 1.06. The lowest BCUT2D eigenvalue weighted by atomic mass is 10.2. The highest BCUT2D eigenvalue weighted by Gasteiger charge is 2.11. The van der Waals surface area contributed by atoms with E-state index in [9.17, 15) is 13.6 Å². The van der Waals surface area contributed by atoms with Gasteiger partial charge in [-0.1, -0.05) is 18.2 Å². The van der Waals surface area contributed by atoms with Gasteiger partial charge in [0.2, 0.25) is 5.91 Å². The van der Waals surface area contributed by atoms with E-state index in [1.54, 1.807) is 31.2 Å². The van der Waals surface area contributed by atoms with E-state index in [1.165, 1.54) is 18.2 Å². The number of ether oxygens (including phenoxy) is 1. The van der Waals surface area contributed by atoms with Crippen molar-refractivity contribution in [2.75, 3.05) is 0 Å². The molecule has 2 aromatic rings. The zero-order chi connectivity index (χ0) is 16.8. The molecule has 23 heavy (non-hydrogen) atoms. The van der Waals surface area contributed by atoms with E-state index in [1.807, 2.05) is 13.0 Å². The first-order valence-electron chi connectivity index (χ1n) is 7.04. The van der Waals surface area contributed by atoms with Crippen molar-refractivity contribution in [3.05, 3.63) is 59.6 Å². The van der Waals surface area contributed by atoms with Crippen molar-refractivity contribution in [1.29, 1.82) is 0 Å². The maximum atomic E-state index is 12.3. The number of carbonyl (C=O) groups is 1. The fraction of sp³-hybridized carbons (Fsp3) is 0.235. The number of hydrogen-bond donors (Lipinski definition) is 1. The Labute approximate surface area is 132 Å². The van der Waals surface area contributed by atoms with Gasteiger partial charge in [-0.3, -0.25) is 4.79 Å². The van der Waals surface area contributed by atoms with Gasteiger partial charge in [0, 0.05) is 11.6 Å². The third kappa shape index (κ3) is 4.95. The van der Waals surface area contributed by atoms with Crippen molar-refractivity contribution >= 4 is 12.0 Å². The molecule has 1 amide bonds. The number of furan rings is 1. The van der Waals surface area contributed by atoms with Crippen LogP contribution in [0.15, 0.2) is 46.9 Å². The topological polar surface area (TPSA) is 51.5 Å². The van der Waals surface area contributed by atoms with Crippen molar-refractivity contribution in [3.8, 4) is 5.75 Å². The van der Waals surface area contributed by atoms with E-state index in [0.717, 1.165) is 5.76 Å². The van der Waals surface area contributed by atoms with Crippen LogP contribution in [0.1, 0.15) is 30.0 Å². The quantitative estimate of drug-likeness (QED) is 0.816. The highest BCUT2D eigenvalue weighted by molar-refractivity contribution is 5.92. The predicted molar refractivity (Wildman–Crippen MR) is 82.1 cm³/mol. The molecule has 1 aromatic carbocycles. The van der Waals surface area contributed by atoms with Crippen LogP contribution < -0.4 is 10.1 Å². The summed E-state index contributed by atoms with van der Waals surface area (Å²) in [7, 11) is 0. The highest BCUT2D eigenvalue weighted by Crippen LogP contribution is 2.21. The molecule has 0 aliphatic carbocycles. The minimum atomic E-state index is -2.92. The second-order valence-electron chi connectivity index (χ2n) is 4.93. The van der Waals surface area contributed by atoms with Gasteiger partial charge >= 0.3 is 6.61 Å². The average Bonchev–Trinajstić information content (AvgIpc) is 2.92. The monoisotopic (exact) mass is 321 g/mol. The maximum absolute atomic E-state index is 12.3. The number of halogens is 2. The summed E-state index contributed by atoms with van der Waals surface area (Å²) >= 11 is 0. The van der Waals surface area contributed by atoms with Gasteiger partial charge in [-0.25, -0.2) is 0 Å². The van der Waals surface area contributed by atoms with Gasteiger partial charge in [-0.15, -0.1) is 0 Å². The highest BCUT2D eigenvalue weighted by atomic mass is 19.3. The lowest BCUT2D eigenvalue weighted by Crippen LogP contribution is -2.24. The van der Waals surface area contributed by atoms with Crippen molar-refractivity contribution in [3.63, 3.8) is 0 Å². The summed E-state index contributed by atoms with van der Waals surface area (Å²) in [6, 6.07) is 9.55. The lowest BCUT2D eigenvalue weighted by Gasteiger charge is -2.10. The van der Waals surface area contributed by atoms with Crippen LogP contribution in [-0.2, 0) is 4.79 Å². The fourth-order valence-corrected chi connectivity index (χ4v) is 2.01. The van der Waals surface area contributed by atoms with Gasteiger partial charge < -0.3 is 14.5 Å². The Balaban J connectivity index is 2.01. The molecule has 0 aliphatic rings. The number of alkyl halides is 2. The van der Waals surface area contributed by atoms with Gasteiger partial charge in [0.1, 0.15) is 17.3 Å². The molecule has 0 saturated carbocycles. The van der Waals surface area contributed by atoms with E-state index in [4.69, 9.17) is 4.42 Å². The first-order valence-corrected chi connectivity index (χ1v) is 7.04. The van der Waals surface area contributed by atoms with Crippen molar-refractivity contribution in [2.45, 2.75) is 26.5 Å². The predicted octanol–water partition coefficient (Wildman–Crippen LogP) is 4.08. The Kier molecular flexibility index (Phi) is 5.51. The molecule has 0 aliphatic heterocycles.